The molecule has 0 aliphatic carbocycles. The number of carbonyl (C=O) groups excluding carboxylic acids is 1. The second-order valence-corrected chi connectivity index (χ2v) is 5.09. The minimum absolute atomic E-state index is 0.302. The number of aromatic nitrogens is 2. The number of rotatable bonds is 2. The van der Waals surface area contributed by atoms with Gasteiger partial charge < -0.3 is 0 Å². The van der Waals surface area contributed by atoms with Gasteiger partial charge in [0, 0.05) is 17.1 Å². The summed E-state index contributed by atoms with van der Waals surface area (Å²) in [5.74, 6) is -0.423. The number of hydrogen-bond donors (Lipinski definition) is 0. The predicted molar refractivity (Wildman–Crippen MR) is 69.4 cm³/mol. The second-order valence-electron chi connectivity index (χ2n) is 3.42. The average molecular weight is 362 g/mol. The summed E-state index contributed by atoms with van der Waals surface area (Å²) in [5.41, 5.74) is 0.977. The molecule has 0 unspecified atom stereocenters. The molecule has 0 atom stereocenters. The summed E-state index contributed by atoms with van der Waals surface area (Å²) >= 11 is 6.41. The van der Waals surface area contributed by atoms with Crippen LogP contribution in [0.5, 0.6) is 0 Å². The van der Waals surface area contributed by atoms with Gasteiger partial charge in [0.2, 0.25) is 0 Å². The Morgan fingerprint density at radius 1 is 1.41 bits per heavy atom. The Labute approximate surface area is 114 Å². The van der Waals surface area contributed by atoms with Gasteiger partial charge in [0.15, 0.2) is 6.29 Å². The maximum absolute atomic E-state index is 13.8. The molecule has 0 radical (unpaired) electrons. The lowest BCUT2D eigenvalue weighted by molar-refractivity contribution is 0.112. The summed E-state index contributed by atoms with van der Waals surface area (Å²) in [6.45, 7) is 0. The Morgan fingerprint density at radius 2 is 2.12 bits per heavy atom. The Balaban J connectivity index is 2.68. The van der Waals surface area contributed by atoms with E-state index in [0.29, 0.717) is 32.2 Å². The maximum atomic E-state index is 13.8. The molecule has 0 aliphatic rings. The third-order valence-corrected chi connectivity index (χ3v) is 3.75. The molecular formula is C11H7Br2FN2O. The van der Waals surface area contributed by atoms with Crippen molar-refractivity contribution in [2.24, 2.45) is 7.05 Å². The van der Waals surface area contributed by atoms with Gasteiger partial charge in [0.1, 0.15) is 16.1 Å². The van der Waals surface area contributed by atoms with Gasteiger partial charge in [-0.1, -0.05) is 15.9 Å². The van der Waals surface area contributed by atoms with Crippen molar-refractivity contribution in [3.8, 4) is 11.3 Å². The minimum Gasteiger partial charge on any atom is -0.298 e. The highest BCUT2D eigenvalue weighted by Gasteiger charge is 2.18. The molecular weight excluding hydrogens is 355 g/mol. The highest BCUT2D eigenvalue weighted by molar-refractivity contribution is 9.10. The first-order valence-corrected chi connectivity index (χ1v) is 6.26. The number of aldehydes is 1. The van der Waals surface area contributed by atoms with Crippen molar-refractivity contribution in [1.82, 2.24) is 9.78 Å². The molecule has 0 bridgehead atoms. The molecule has 6 heteroatoms. The molecule has 2 rings (SSSR count). The topological polar surface area (TPSA) is 34.9 Å². The normalized spacial score (nSPS) is 10.6. The van der Waals surface area contributed by atoms with Crippen LogP contribution in [0.3, 0.4) is 0 Å². The van der Waals surface area contributed by atoms with Crippen molar-refractivity contribution < 1.29 is 9.18 Å². The summed E-state index contributed by atoms with van der Waals surface area (Å²) in [4.78, 5) is 11.0. The lowest BCUT2D eigenvalue weighted by Gasteiger charge is -2.00. The first-order chi connectivity index (χ1) is 8.04. The van der Waals surface area contributed by atoms with Gasteiger partial charge in [-0.15, -0.1) is 0 Å². The van der Waals surface area contributed by atoms with Crippen molar-refractivity contribution in [1.29, 1.82) is 0 Å². The van der Waals surface area contributed by atoms with Crippen LogP contribution in [0.25, 0.3) is 11.3 Å². The fraction of sp³-hybridized carbons (Fsp3) is 0.0909. The van der Waals surface area contributed by atoms with E-state index in [4.69, 9.17) is 0 Å². The van der Waals surface area contributed by atoms with Gasteiger partial charge in [-0.2, -0.15) is 5.10 Å². The van der Waals surface area contributed by atoms with E-state index in [1.165, 1.54) is 10.7 Å². The smallest absolute Gasteiger partial charge is 0.155 e. The quantitative estimate of drug-likeness (QED) is 0.766. The molecule has 88 valence electrons. The largest absolute Gasteiger partial charge is 0.298 e. The Hall–Kier alpha value is -1.01. The molecule has 0 amide bonds. The van der Waals surface area contributed by atoms with E-state index in [9.17, 15) is 9.18 Å². The monoisotopic (exact) mass is 360 g/mol. The van der Waals surface area contributed by atoms with Gasteiger partial charge >= 0.3 is 0 Å². The maximum Gasteiger partial charge on any atom is 0.155 e. The summed E-state index contributed by atoms with van der Waals surface area (Å²) < 4.78 is 16.4. The van der Waals surface area contributed by atoms with Crippen LogP contribution in [0.15, 0.2) is 27.3 Å². The highest BCUT2D eigenvalue weighted by Crippen LogP contribution is 2.30. The number of aryl methyl sites for hydroxylation is 1. The number of nitrogens with zero attached hydrogens (tertiary/aromatic N) is 2. The molecule has 17 heavy (non-hydrogen) atoms. The summed E-state index contributed by atoms with van der Waals surface area (Å²) in [5, 5.41) is 4.12. The average Bonchev–Trinajstić information content (AvgIpc) is 2.55. The van der Waals surface area contributed by atoms with Gasteiger partial charge in [-0.05, 0) is 34.1 Å². The van der Waals surface area contributed by atoms with Crippen LogP contribution in [-0.2, 0) is 7.05 Å². The Morgan fingerprint density at radius 3 is 2.71 bits per heavy atom. The van der Waals surface area contributed by atoms with Crippen molar-refractivity contribution in [2.75, 3.05) is 0 Å². The first kappa shape index (κ1) is 12.4. The number of benzene rings is 1. The second kappa shape index (κ2) is 4.70. The van der Waals surface area contributed by atoms with E-state index in [-0.39, 0.29) is 0 Å². The van der Waals surface area contributed by atoms with Crippen LogP contribution < -0.4 is 0 Å². The van der Waals surface area contributed by atoms with E-state index in [0.717, 1.165) is 0 Å². The van der Waals surface area contributed by atoms with Gasteiger partial charge in [-0.3, -0.25) is 9.48 Å². The van der Waals surface area contributed by atoms with Crippen LogP contribution >= 0.6 is 31.9 Å². The third-order valence-electron chi connectivity index (χ3n) is 2.32. The van der Waals surface area contributed by atoms with Crippen LogP contribution in [0, 0.1) is 5.82 Å². The van der Waals surface area contributed by atoms with Gasteiger partial charge in [-0.25, -0.2) is 4.39 Å². The third kappa shape index (κ3) is 2.19. The molecule has 0 saturated carbocycles. The van der Waals surface area contributed by atoms with Crippen molar-refractivity contribution in [2.45, 2.75) is 0 Å². The van der Waals surface area contributed by atoms with E-state index in [1.54, 1.807) is 19.2 Å². The zero-order chi connectivity index (χ0) is 12.6. The van der Waals surface area contributed by atoms with Crippen molar-refractivity contribution >= 4 is 38.1 Å². The van der Waals surface area contributed by atoms with Gasteiger partial charge in [0.25, 0.3) is 0 Å². The standard InChI is InChI=1S/C11H7Br2FN2O/c1-16-11(13)8(5-17)10(15-16)7-3-2-6(12)4-9(7)14/h2-5H,1H3. The molecule has 0 aliphatic heterocycles. The first-order valence-electron chi connectivity index (χ1n) is 4.67. The van der Waals surface area contributed by atoms with Crippen LogP contribution in [-0.4, -0.2) is 16.1 Å². The number of halogens is 3. The van der Waals surface area contributed by atoms with Gasteiger partial charge in [0.05, 0.1) is 5.56 Å². The molecule has 2 aromatic rings. The molecule has 1 aromatic heterocycles. The van der Waals surface area contributed by atoms with Crippen LogP contribution in [0.4, 0.5) is 4.39 Å². The van der Waals surface area contributed by atoms with Crippen LogP contribution in [0.2, 0.25) is 0 Å². The molecule has 1 aromatic carbocycles. The zero-order valence-corrected chi connectivity index (χ0v) is 11.9. The number of hydrogen-bond acceptors (Lipinski definition) is 2. The van der Waals surface area contributed by atoms with Crippen molar-refractivity contribution in [3.05, 3.63) is 38.7 Å². The van der Waals surface area contributed by atoms with Crippen molar-refractivity contribution in [3.63, 3.8) is 0 Å². The molecule has 0 saturated heterocycles. The molecule has 0 N–H and O–H groups in total. The van der Waals surface area contributed by atoms with E-state index >= 15 is 0 Å². The molecule has 0 spiro atoms. The van der Waals surface area contributed by atoms with E-state index in [2.05, 4.69) is 37.0 Å². The highest BCUT2D eigenvalue weighted by atomic mass is 79.9. The SMILES string of the molecule is Cn1nc(-c2ccc(Br)cc2F)c(C=O)c1Br. The summed E-state index contributed by atoms with van der Waals surface area (Å²) in [6, 6.07) is 4.63. The van der Waals surface area contributed by atoms with E-state index in [1.807, 2.05) is 0 Å². The molecule has 3 nitrogen and oxygen atoms in total. The van der Waals surface area contributed by atoms with Crippen LogP contribution in [0.1, 0.15) is 10.4 Å². The lowest BCUT2D eigenvalue weighted by atomic mass is 10.1. The summed E-state index contributed by atoms with van der Waals surface area (Å²) in [7, 11) is 1.68. The fourth-order valence-electron chi connectivity index (χ4n) is 1.50. The predicted octanol–water partition coefficient (Wildman–Crippen LogP) is 3.56. The van der Waals surface area contributed by atoms with E-state index < -0.39 is 5.82 Å². The summed E-state index contributed by atoms with van der Waals surface area (Å²) in [6.07, 6.45) is 0.661. The lowest BCUT2D eigenvalue weighted by Crippen LogP contribution is -1.91. The molecule has 0 fully saturated rings. The zero-order valence-electron chi connectivity index (χ0n) is 8.75. The molecule has 1 heterocycles. The number of carbonyl (C=O) groups is 1. The minimum atomic E-state index is -0.423. The Bertz CT molecular complexity index is 595. The Kier molecular flexibility index (Phi) is 3.44. The fourth-order valence-corrected chi connectivity index (χ4v) is 2.20.